The second kappa shape index (κ2) is 13.6. The molecule has 1 aromatic carbocycles. The molecular formula is C27H38F3N3O4. The minimum atomic E-state index is -4.57. The van der Waals surface area contributed by atoms with Crippen LogP contribution in [0.2, 0.25) is 0 Å². The number of alkyl halides is 3. The van der Waals surface area contributed by atoms with Crippen LogP contribution in [0.3, 0.4) is 0 Å². The van der Waals surface area contributed by atoms with Gasteiger partial charge in [-0.05, 0) is 77.6 Å². The Kier molecular flexibility index (Phi) is 11.2. The van der Waals surface area contributed by atoms with Gasteiger partial charge < -0.3 is 20.3 Å². The maximum absolute atomic E-state index is 12.9. The molecule has 0 spiro atoms. The predicted octanol–water partition coefficient (Wildman–Crippen LogP) is 4.33. The molecule has 3 atom stereocenters. The first-order chi connectivity index (χ1) is 17.4. The number of carbonyl (C=O) groups is 3. The van der Waals surface area contributed by atoms with Crippen LogP contribution < -0.4 is 10.6 Å². The van der Waals surface area contributed by atoms with E-state index in [1.807, 2.05) is 13.0 Å². The van der Waals surface area contributed by atoms with E-state index in [1.54, 1.807) is 6.92 Å². The summed E-state index contributed by atoms with van der Waals surface area (Å²) in [4.78, 5) is 39.7. The van der Waals surface area contributed by atoms with Crippen molar-refractivity contribution in [2.24, 2.45) is 5.92 Å². The molecule has 1 aliphatic carbocycles. The van der Waals surface area contributed by atoms with E-state index in [2.05, 4.69) is 36.4 Å². The third-order valence-electron chi connectivity index (χ3n) is 6.80. The lowest BCUT2D eigenvalue weighted by molar-refractivity contribution is -0.139. The summed E-state index contributed by atoms with van der Waals surface area (Å²) in [5.74, 6) is -1.71. The fourth-order valence-electron chi connectivity index (χ4n) is 4.51. The smallest absolute Gasteiger partial charge is 0.416 e. The van der Waals surface area contributed by atoms with Crippen LogP contribution in [0.4, 0.5) is 13.2 Å². The Labute approximate surface area is 216 Å². The molecular weight excluding hydrogens is 487 g/mol. The lowest BCUT2D eigenvalue weighted by Gasteiger charge is -2.41. The quantitative estimate of drug-likeness (QED) is 0.351. The van der Waals surface area contributed by atoms with Crippen molar-refractivity contribution in [1.82, 2.24) is 15.5 Å². The van der Waals surface area contributed by atoms with E-state index in [0.29, 0.717) is 24.5 Å². The summed E-state index contributed by atoms with van der Waals surface area (Å²) in [5.41, 5.74) is -0.560. The monoisotopic (exact) mass is 525 g/mol. The van der Waals surface area contributed by atoms with Crippen LogP contribution in [0.25, 0.3) is 0 Å². The Balaban J connectivity index is 2.10. The van der Waals surface area contributed by atoms with Gasteiger partial charge in [0.2, 0.25) is 5.91 Å². The van der Waals surface area contributed by atoms with Crippen LogP contribution in [0.1, 0.15) is 69.3 Å². The van der Waals surface area contributed by atoms with Crippen LogP contribution in [0, 0.1) is 5.92 Å². The highest BCUT2D eigenvalue weighted by Crippen LogP contribution is 2.31. The van der Waals surface area contributed by atoms with Crippen molar-refractivity contribution in [3.05, 3.63) is 47.0 Å². The predicted molar refractivity (Wildman–Crippen MR) is 135 cm³/mol. The molecule has 0 unspecified atom stereocenters. The lowest BCUT2D eigenvalue weighted by Crippen LogP contribution is -2.50. The number of amides is 2. The second-order valence-corrected chi connectivity index (χ2v) is 9.59. The van der Waals surface area contributed by atoms with Gasteiger partial charge in [0.25, 0.3) is 5.91 Å². The number of halogens is 3. The van der Waals surface area contributed by atoms with Crippen molar-refractivity contribution in [3.63, 3.8) is 0 Å². The van der Waals surface area contributed by atoms with Crippen LogP contribution in [0.5, 0.6) is 0 Å². The first-order valence-corrected chi connectivity index (χ1v) is 12.7. The summed E-state index contributed by atoms with van der Waals surface area (Å²) >= 11 is 0. The van der Waals surface area contributed by atoms with Gasteiger partial charge in [0, 0.05) is 29.3 Å². The van der Waals surface area contributed by atoms with Crippen LogP contribution in [-0.4, -0.2) is 61.0 Å². The number of rotatable bonds is 10. The fourth-order valence-corrected chi connectivity index (χ4v) is 4.51. The minimum Gasteiger partial charge on any atom is -0.463 e. The number of esters is 1. The zero-order chi connectivity index (χ0) is 27.8. The molecule has 10 heteroatoms. The molecule has 2 N–H and O–H groups in total. The topological polar surface area (TPSA) is 87.7 Å². The van der Waals surface area contributed by atoms with Crippen molar-refractivity contribution in [1.29, 1.82) is 0 Å². The minimum absolute atomic E-state index is 0.123. The third-order valence-corrected chi connectivity index (χ3v) is 6.80. The fraction of sp³-hybridized carbons (Fsp3) is 0.593. The Bertz CT molecular complexity index is 978. The number of ether oxygens (including phenoxy) is 1. The largest absolute Gasteiger partial charge is 0.463 e. The number of carbonyl (C=O) groups excluding carboxylic acids is 3. The summed E-state index contributed by atoms with van der Waals surface area (Å²) in [6, 6.07) is 4.39. The number of nitrogens with zero attached hydrogens (tertiary/aromatic N) is 1. The zero-order valence-electron chi connectivity index (χ0n) is 22.2. The van der Waals surface area contributed by atoms with Gasteiger partial charge in [-0.15, -0.1) is 0 Å². The maximum Gasteiger partial charge on any atom is 0.416 e. The number of hydrogen-bond acceptors (Lipinski definition) is 5. The van der Waals surface area contributed by atoms with Crippen LogP contribution in [-0.2, 0) is 20.5 Å². The average Bonchev–Trinajstić information content (AvgIpc) is 2.85. The molecule has 206 valence electrons. The second-order valence-electron chi connectivity index (χ2n) is 9.59. The van der Waals surface area contributed by atoms with Gasteiger partial charge in [-0.2, -0.15) is 13.2 Å². The van der Waals surface area contributed by atoms with Gasteiger partial charge >= 0.3 is 12.1 Å². The lowest BCUT2D eigenvalue weighted by atomic mass is 9.79. The Hall–Kier alpha value is -2.88. The van der Waals surface area contributed by atoms with E-state index in [9.17, 15) is 27.6 Å². The number of benzene rings is 1. The normalized spacial score (nSPS) is 20.6. The van der Waals surface area contributed by atoms with Gasteiger partial charge in [0.05, 0.1) is 18.7 Å². The van der Waals surface area contributed by atoms with Gasteiger partial charge in [-0.1, -0.05) is 19.1 Å². The van der Waals surface area contributed by atoms with Crippen molar-refractivity contribution in [2.45, 2.75) is 77.7 Å². The third kappa shape index (κ3) is 8.87. The van der Waals surface area contributed by atoms with Crippen LogP contribution >= 0.6 is 0 Å². The molecule has 2 rings (SSSR count). The molecule has 7 nitrogen and oxygen atoms in total. The molecule has 1 aromatic rings. The van der Waals surface area contributed by atoms with E-state index >= 15 is 0 Å². The van der Waals surface area contributed by atoms with E-state index in [1.165, 1.54) is 6.07 Å². The van der Waals surface area contributed by atoms with Gasteiger partial charge in [-0.25, -0.2) is 4.79 Å². The average molecular weight is 526 g/mol. The molecule has 0 radical (unpaired) electrons. The van der Waals surface area contributed by atoms with Crippen molar-refractivity contribution in [3.8, 4) is 0 Å². The van der Waals surface area contributed by atoms with Gasteiger partial charge in [0.15, 0.2) is 0 Å². The SMILES string of the molecule is CCOC(=O)C(=C[C@@H]1C[C@H](N(C)C(C)C)CC[C@@H]1NC(=O)CNC(=O)c1cccc(C(F)(F)F)c1)CC. The van der Waals surface area contributed by atoms with E-state index in [0.717, 1.165) is 31.0 Å². The highest BCUT2D eigenvalue weighted by atomic mass is 19.4. The first kappa shape index (κ1) is 30.3. The molecule has 1 aliphatic rings. The first-order valence-electron chi connectivity index (χ1n) is 12.7. The number of nitrogens with one attached hydrogen (secondary N) is 2. The molecule has 2 amide bonds. The highest BCUT2D eigenvalue weighted by molar-refractivity contribution is 5.96. The zero-order valence-corrected chi connectivity index (χ0v) is 22.2. The maximum atomic E-state index is 12.9. The summed E-state index contributed by atoms with van der Waals surface area (Å²) in [6.07, 6.45) is 0.0777. The van der Waals surface area contributed by atoms with Crippen molar-refractivity contribution < 1.29 is 32.3 Å². The van der Waals surface area contributed by atoms with Gasteiger partial charge in [0.1, 0.15) is 0 Å². The Morgan fingerprint density at radius 2 is 1.89 bits per heavy atom. The Morgan fingerprint density at radius 1 is 1.19 bits per heavy atom. The van der Waals surface area contributed by atoms with Crippen molar-refractivity contribution >= 4 is 17.8 Å². The van der Waals surface area contributed by atoms with Gasteiger partial charge in [-0.3, -0.25) is 9.59 Å². The molecule has 0 bridgehead atoms. The summed E-state index contributed by atoms with van der Waals surface area (Å²) in [5, 5.41) is 5.35. The van der Waals surface area contributed by atoms with E-state index in [-0.39, 0.29) is 42.7 Å². The Morgan fingerprint density at radius 3 is 2.49 bits per heavy atom. The molecule has 0 saturated heterocycles. The standard InChI is InChI=1S/C27H38F3N3O4/c1-6-18(26(36)37-7-2)13-20-15-22(33(5)17(3)4)11-12-23(20)32-24(34)16-31-25(35)19-9-8-10-21(14-19)27(28,29)30/h8-10,13-14,17,20,22-23H,6-7,11-12,15-16H2,1-5H3,(H,31,35)(H,32,34)/t20-,22-,23+/m1/s1. The summed E-state index contributed by atoms with van der Waals surface area (Å²) in [6.45, 7) is 7.74. The van der Waals surface area contributed by atoms with E-state index < -0.39 is 23.6 Å². The summed E-state index contributed by atoms with van der Waals surface area (Å²) < 4.78 is 44.0. The molecule has 37 heavy (non-hydrogen) atoms. The molecule has 0 aliphatic heterocycles. The van der Waals surface area contributed by atoms with Crippen molar-refractivity contribution in [2.75, 3.05) is 20.2 Å². The van der Waals surface area contributed by atoms with E-state index in [4.69, 9.17) is 4.74 Å². The highest BCUT2D eigenvalue weighted by Gasteiger charge is 2.34. The molecule has 0 aromatic heterocycles. The molecule has 0 heterocycles. The molecule has 1 saturated carbocycles. The molecule has 1 fully saturated rings. The summed E-state index contributed by atoms with van der Waals surface area (Å²) in [7, 11) is 2.06. The van der Waals surface area contributed by atoms with Crippen LogP contribution in [0.15, 0.2) is 35.9 Å². The number of hydrogen-bond donors (Lipinski definition) is 2.